The lowest BCUT2D eigenvalue weighted by molar-refractivity contribution is -0.137. The zero-order chi connectivity index (χ0) is 14.2. The Labute approximate surface area is 115 Å². The Hall–Kier alpha value is -1.63. The number of alkyl halides is 3. The van der Waals surface area contributed by atoms with E-state index in [1.807, 2.05) is 0 Å². The fourth-order valence-electron chi connectivity index (χ4n) is 1.52. The third-order valence-electron chi connectivity index (χ3n) is 2.51. The first-order valence-electron chi connectivity index (χ1n) is 5.26. The van der Waals surface area contributed by atoms with Gasteiger partial charge in [-0.3, -0.25) is 0 Å². The molecular formula is C12H9BrF3N3. The van der Waals surface area contributed by atoms with Crippen LogP contribution in [0.3, 0.4) is 0 Å². The number of nitrogens with zero attached hydrogens (tertiary/aromatic N) is 2. The van der Waals surface area contributed by atoms with Crippen LogP contribution in [0, 0.1) is 6.92 Å². The van der Waals surface area contributed by atoms with E-state index in [0.717, 1.165) is 12.1 Å². The molecule has 2 N–H and O–H groups in total. The highest BCUT2D eigenvalue weighted by Crippen LogP contribution is 2.31. The quantitative estimate of drug-likeness (QED) is 0.864. The minimum Gasteiger partial charge on any atom is -0.383 e. The molecule has 0 amide bonds. The van der Waals surface area contributed by atoms with Gasteiger partial charge < -0.3 is 5.73 Å². The number of aromatic nitrogens is 2. The molecule has 0 spiro atoms. The van der Waals surface area contributed by atoms with Gasteiger partial charge in [0.05, 0.1) is 15.7 Å². The van der Waals surface area contributed by atoms with E-state index in [-0.39, 0.29) is 5.82 Å². The molecule has 1 heterocycles. The van der Waals surface area contributed by atoms with Crippen molar-refractivity contribution in [3.8, 4) is 11.4 Å². The number of nitrogen functional groups attached to an aromatic ring is 1. The van der Waals surface area contributed by atoms with Gasteiger partial charge >= 0.3 is 6.18 Å². The summed E-state index contributed by atoms with van der Waals surface area (Å²) in [5, 5.41) is 0. The molecule has 0 saturated carbocycles. The van der Waals surface area contributed by atoms with E-state index >= 15 is 0 Å². The zero-order valence-electron chi connectivity index (χ0n) is 9.79. The second kappa shape index (κ2) is 4.80. The minimum atomic E-state index is -4.35. The summed E-state index contributed by atoms with van der Waals surface area (Å²) in [6, 6.07) is 4.63. The molecule has 0 radical (unpaired) electrons. The number of hydrogen-bond acceptors (Lipinski definition) is 3. The maximum atomic E-state index is 12.4. The maximum absolute atomic E-state index is 12.4. The fourth-order valence-corrected chi connectivity index (χ4v) is 1.70. The summed E-state index contributed by atoms with van der Waals surface area (Å²) in [4.78, 5) is 8.21. The number of benzene rings is 1. The van der Waals surface area contributed by atoms with Crippen molar-refractivity contribution >= 4 is 21.7 Å². The molecule has 0 aliphatic rings. The first-order valence-corrected chi connectivity index (χ1v) is 6.05. The summed E-state index contributed by atoms with van der Waals surface area (Å²) >= 11 is 3.22. The van der Waals surface area contributed by atoms with Crippen LogP contribution in [0.5, 0.6) is 0 Å². The average Bonchev–Trinajstić information content (AvgIpc) is 2.34. The Bertz CT molecular complexity index is 586. The number of rotatable bonds is 1. The molecular weight excluding hydrogens is 323 g/mol. The summed E-state index contributed by atoms with van der Waals surface area (Å²) in [5.41, 5.74) is 6.08. The Balaban J connectivity index is 2.43. The van der Waals surface area contributed by atoms with E-state index in [4.69, 9.17) is 5.73 Å². The predicted molar refractivity (Wildman–Crippen MR) is 69.3 cm³/mol. The Morgan fingerprint density at radius 1 is 1.11 bits per heavy atom. The Morgan fingerprint density at radius 3 is 2.16 bits per heavy atom. The molecule has 7 heteroatoms. The van der Waals surface area contributed by atoms with Crippen molar-refractivity contribution in [1.82, 2.24) is 9.97 Å². The van der Waals surface area contributed by atoms with Gasteiger partial charge in [-0.25, -0.2) is 9.97 Å². The van der Waals surface area contributed by atoms with E-state index in [0.29, 0.717) is 21.6 Å². The van der Waals surface area contributed by atoms with Gasteiger partial charge in [0.25, 0.3) is 0 Å². The molecule has 0 aliphatic heterocycles. The van der Waals surface area contributed by atoms with E-state index < -0.39 is 11.7 Å². The van der Waals surface area contributed by atoms with Crippen LogP contribution < -0.4 is 5.73 Å². The van der Waals surface area contributed by atoms with Crippen molar-refractivity contribution in [3.63, 3.8) is 0 Å². The number of anilines is 1. The van der Waals surface area contributed by atoms with Gasteiger partial charge in [-0.05, 0) is 35.0 Å². The largest absolute Gasteiger partial charge is 0.416 e. The molecule has 19 heavy (non-hydrogen) atoms. The van der Waals surface area contributed by atoms with Crippen LogP contribution in [0.25, 0.3) is 11.4 Å². The molecule has 0 aliphatic carbocycles. The molecule has 0 atom stereocenters. The second-order valence-corrected chi connectivity index (χ2v) is 4.70. The van der Waals surface area contributed by atoms with E-state index in [9.17, 15) is 13.2 Å². The Morgan fingerprint density at radius 2 is 1.68 bits per heavy atom. The van der Waals surface area contributed by atoms with Crippen molar-refractivity contribution in [1.29, 1.82) is 0 Å². The van der Waals surface area contributed by atoms with Gasteiger partial charge in [0.1, 0.15) is 5.82 Å². The van der Waals surface area contributed by atoms with Gasteiger partial charge in [0, 0.05) is 5.56 Å². The van der Waals surface area contributed by atoms with Gasteiger partial charge in [-0.15, -0.1) is 0 Å². The lowest BCUT2D eigenvalue weighted by Crippen LogP contribution is -2.04. The van der Waals surface area contributed by atoms with Crippen molar-refractivity contribution in [2.24, 2.45) is 0 Å². The molecule has 100 valence electrons. The van der Waals surface area contributed by atoms with Crippen molar-refractivity contribution in [2.75, 3.05) is 5.73 Å². The minimum absolute atomic E-state index is 0.252. The molecule has 1 aromatic carbocycles. The first kappa shape index (κ1) is 13.8. The lowest BCUT2D eigenvalue weighted by Gasteiger charge is -2.08. The van der Waals surface area contributed by atoms with Crippen LogP contribution in [0.15, 0.2) is 28.7 Å². The molecule has 2 aromatic rings. The molecule has 2 rings (SSSR count). The highest BCUT2D eigenvalue weighted by atomic mass is 79.9. The van der Waals surface area contributed by atoms with Crippen LogP contribution in [0.4, 0.5) is 19.0 Å². The monoisotopic (exact) mass is 331 g/mol. The lowest BCUT2D eigenvalue weighted by atomic mass is 10.1. The molecule has 0 fully saturated rings. The van der Waals surface area contributed by atoms with Crippen LogP contribution in [0.1, 0.15) is 11.3 Å². The van der Waals surface area contributed by atoms with Crippen molar-refractivity contribution in [2.45, 2.75) is 13.1 Å². The zero-order valence-corrected chi connectivity index (χ0v) is 11.4. The Kier molecular flexibility index (Phi) is 3.49. The smallest absolute Gasteiger partial charge is 0.383 e. The van der Waals surface area contributed by atoms with Crippen LogP contribution in [-0.2, 0) is 6.18 Å². The van der Waals surface area contributed by atoms with Crippen LogP contribution >= 0.6 is 15.9 Å². The number of halogens is 4. The van der Waals surface area contributed by atoms with Gasteiger partial charge in [0.2, 0.25) is 0 Å². The first-order chi connectivity index (χ1) is 8.79. The molecule has 3 nitrogen and oxygen atoms in total. The fraction of sp³-hybridized carbons (Fsp3) is 0.167. The molecule has 0 unspecified atom stereocenters. The average molecular weight is 332 g/mol. The summed E-state index contributed by atoms with van der Waals surface area (Å²) in [5.74, 6) is 0.550. The third kappa shape index (κ3) is 2.86. The second-order valence-electron chi connectivity index (χ2n) is 3.91. The standard InChI is InChI=1S/C12H9BrF3N3/c1-6-9(13)10(17)19-11(18-6)7-2-4-8(5-3-7)12(14,15)16/h2-5H,1H3,(H2,17,18,19). The highest BCUT2D eigenvalue weighted by Gasteiger charge is 2.30. The van der Waals surface area contributed by atoms with Crippen LogP contribution in [0.2, 0.25) is 0 Å². The third-order valence-corrected chi connectivity index (χ3v) is 3.49. The van der Waals surface area contributed by atoms with E-state index in [1.165, 1.54) is 12.1 Å². The molecule has 1 aromatic heterocycles. The normalized spacial score (nSPS) is 11.6. The molecule has 0 bridgehead atoms. The highest BCUT2D eigenvalue weighted by molar-refractivity contribution is 9.10. The molecule has 0 saturated heterocycles. The summed E-state index contributed by atoms with van der Waals surface area (Å²) in [6.07, 6.45) is -4.35. The maximum Gasteiger partial charge on any atom is 0.416 e. The predicted octanol–water partition coefficient (Wildman–Crippen LogP) is 3.82. The van der Waals surface area contributed by atoms with Gasteiger partial charge in [-0.2, -0.15) is 13.2 Å². The van der Waals surface area contributed by atoms with Crippen LogP contribution in [-0.4, -0.2) is 9.97 Å². The van der Waals surface area contributed by atoms with E-state index in [1.54, 1.807) is 6.92 Å². The summed E-state index contributed by atoms with van der Waals surface area (Å²) < 4.78 is 37.9. The van der Waals surface area contributed by atoms with Crippen molar-refractivity contribution < 1.29 is 13.2 Å². The van der Waals surface area contributed by atoms with Gasteiger partial charge in [-0.1, -0.05) is 12.1 Å². The summed E-state index contributed by atoms with van der Waals surface area (Å²) in [6.45, 7) is 1.73. The number of hydrogen-bond donors (Lipinski definition) is 1. The van der Waals surface area contributed by atoms with E-state index in [2.05, 4.69) is 25.9 Å². The van der Waals surface area contributed by atoms with Gasteiger partial charge in [0.15, 0.2) is 5.82 Å². The number of nitrogens with two attached hydrogens (primary N) is 1. The number of aryl methyl sites for hydroxylation is 1. The SMILES string of the molecule is Cc1nc(-c2ccc(C(F)(F)F)cc2)nc(N)c1Br. The van der Waals surface area contributed by atoms with Crippen molar-refractivity contribution in [3.05, 3.63) is 40.0 Å². The topological polar surface area (TPSA) is 51.8 Å². The summed E-state index contributed by atoms with van der Waals surface area (Å²) in [7, 11) is 0.